The van der Waals surface area contributed by atoms with Crippen LogP contribution < -0.4 is 0 Å². The molecule has 0 unspecified atom stereocenters. The van der Waals surface area contributed by atoms with Crippen LogP contribution in [0.2, 0.25) is 0 Å². The second-order valence-corrected chi connectivity index (χ2v) is 7.33. The summed E-state index contributed by atoms with van der Waals surface area (Å²) in [7, 11) is 0. The molecule has 0 aliphatic heterocycles. The van der Waals surface area contributed by atoms with Gasteiger partial charge in [-0.15, -0.1) is 0 Å². The normalized spacial score (nSPS) is 21.0. The van der Waals surface area contributed by atoms with Crippen LogP contribution in [0, 0.1) is 33.5 Å². The first kappa shape index (κ1) is 16.2. The zero-order chi connectivity index (χ0) is 15.7. The van der Waals surface area contributed by atoms with Crippen LogP contribution in [0.5, 0.6) is 0 Å². The summed E-state index contributed by atoms with van der Waals surface area (Å²) in [6.07, 6.45) is 1.42. The van der Waals surface area contributed by atoms with Gasteiger partial charge in [-0.05, 0) is 30.8 Å². The third-order valence-corrected chi connectivity index (χ3v) is 3.56. The van der Waals surface area contributed by atoms with Crippen LogP contribution in [0.1, 0.15) is 54.4 Å². The summed E-state index contributed by atoms with van der Waals surface area (Å²) in [6.45, 7) is 11.5. The molecule has 0 aromatic rings. The van der Waals surface area contributed by atoms with Crippen molar-refractivity contribution in [2.45, 2.75) is 54.4 Å². The van der Waals surface area contributed by atoms with E-state index in [1.165, 1.54) is 0 Å². The fourth-order valence-electron chi connectivity index (χ4n) is 2.70. The molecule has 0 amide bonds. The molecule has 106 valence electrons. The molecule has 0 bridgehead atoms. The van der Waals surface area contributed by atoms with Crippen LogP contribution >= 0.6 is 0 Å². The van der Waals surface area contributed by atoms with E-state index in [2.05, 4.69) is 19.9 Å². The van der Waals surface area contributed by atoms with Gasteiger partial charge in [0.2, 0.25) is 0 Å². The van der Waals surface area contributed by atoms with Gasteiger partial charge in [0.15, 0.2) is 5.78 Å². The van der Waals surface area contributed by atoms with E-state index < -0.39 is 5.41 Å². The van der Waals surface area contributed by atoms with Crippen LogP contribution in [0.25, 0.3) is 0 Å². The Morgan fingerprint density at radius 1 is 1.20 bits per heavy atom. The molecular formula is C17H22N2O. The molecule has 20 heavy (non-hydrogen) atoms. The van der Waals surface area contributed by atoms with E-state index in [0.717, 1.165) is 12.0 Å². The topological polar surface area (TPSA) is 64.7 Å². The summed E-state index contributed by atoms with van der Waals surface area (Å²) >= 11 is 0. The Labute approximate surface area is 121 Å². The van der Waals surface area contributed by atoms with Crippen molar-refractivity contribution in [2.75, 3.05) is 0 Å². The molecule has 0 fully saturated rings. The molecule has 3 nitrogen and oxygen atoms in total. The van der Waals surface area contributed by atoms with Crippen LogP contribution in [-0.2, 0) is 4.79 Å². The summed E-state index contributed by atoms with van der Waals surface area (Å²) in [5.41, 5.74) is 1.63. The van der Waals surface area contributed by atoms with Gasteiger partial charge in [0, 0.05) is 5.41 Å². The monoisotopic (exact) mass is 270 g/mol. The average molecular weight is 270 g/mol. The lowest BCUT2D eigenvalue weighted by Crippen LogP contribution is -2.26. The smallest absolute Gasteiger partial charge is 0.178 e. The molecule has 1 aliphatic rings. The van der Waals surface area contributed by atoms with Crippen molar-refractivity contribution in [3.63, 3.8) is 0 Å². The molecule has 0 saturated carbocycles. The Balaban J connectivity index is 3.57. The lowest BCUT2D eigenvalue weighted by molar-refractivity contribution is -0.122. The average Bonchev–Trinajstić information content (AvgIpc) is 2.26. The Hall–Kier alpha value is -1.87. The standard InChI is InChI=1S/C17H22N2O/c1-11-7-17(5,6)8-12(13(11)9-18)14(10-19)15(20)16(2,3)4/h7-8H2,1-6H3/b14-12+. The fraction of sp³-hybridized carbons (Fsp3) is 0.588. The maximum absolute atomic E-state index is 12.5. The fourth-order valence-corrected chi connectivity index (χ4v) is 2.70. The number of carbonyl (C=O) groups is 1. The van der Waals surface area contributed by atoms with E-state index in [-0.39, 0.29) is 16.8 Å². The van der Waals surface area contributed by atoms with Gasteiger partial charge in [0.05, 0.1) is 11.6 Å². The lowest BCUT2D eigenvalue weighted by atomic mass is 9.70. The number of hydrogen-bond donors (Lipinski definition) is 0. The van der Waals surface area contributed by atoms with Crippen molar-refractivity contribution in [1.82, 2.24) is 0 Å². The highest BCUT2D eigenvalue weighted by Crippen LogP contribution is 2.43. The Morgan fingerprint density at radius 3 is 2.15 bits per heavy atom. The van der Waals surface area contributed by atoms with Crippen LogP contribution in [0.4, 0.5) is 0 Å². The van der Waals surface area contributed by atoms with Crippen molar-refractivity contribution in [2.24, 2.45) is 10.8 Å². The molecule has 3 heteroatoms. The summed E-state index contributed by atoms with van der Waals surface area (Å²) in [6, 6.07) is 4.23. The molecule has 0 heterocycles. The minimum Gasteiger partial charge on any atom is -0.293 e. The minimum absolute atomic E-state index is 0.0277. The molecule has 0 N–H and O–H groups in total. The van der Waals surface area contributed by atoms with Gasteiger partial charge < -0.3 is 0 Å². The van der Waals surface area contributed by atoms with Crippen LogP contribution in [-0.4, -0.2) is 5.78 Å². The van der Waals surface area contributed by atoms with Gasteiger partial charge in [-0.25, -0.2) is 0 Å². The van der Waals surface area contributed by atoms with Crippen molar-refractivity contribution >= 4 is 5.78 Å². The first-order chi connectivity index (χ1) is 9.03. The van der Waals surface area contributed by atoms with Gasteiger partial charge in [-0.3, -0.25) is 4.79 Å². The Morgan fingerprint density at radius 2 is 1.75 bits per heavy atom. The number of nitriles is 2. The van der Waals surface area contributed by atoms with Crippen molar-refractivity contribution in [1.29, 1.82) is 10.5 Å². The zero-order valence-electron chi connectivity index (χ0n) is 13.2. The maximum atomic E-state index is 12.5. The predicted octanol–water partition coefficient (Wildman–Crippen LogP) is 4.08. The molecule has 1 rings (SSSR count). The summed E-state index contributed by atoms with van der Waals surface area (Å²) in [4.78, 5) is 12.5. The van der Waals surface area contributed by atoms with Crippen LogP contribution in [0.15, 0.2) is 22.3 Å². The van der Waals surface area contributed by atoms with Gasteiger partial charge in [-0.2, -0.15) is 10.5 Å². The molecule has 0 radical (unpaired) electrons. The molecular weight excluding hydrogens is 248 g/mol. The Kier molecular flexibility index (Phi) is 4.25. The van der Waals surface area contributed by atoms with Crippen molar-refractivity contribution in [3.05, 3.63) is 22.3 Å². The Bertz CT molecular complexity index is 584. The predicted molar refractivity (Wildman–Crippen MR) is 78.4 cm³/mol. The molecule has 1 aliphatic carbocycles. The van der Waals surface area contributed by atoms with E-state index in [4.69, 9.17) is 0 Å². The zero-order valence-corrected chi connectivity index (χ0v) is 13.2. The van der Waals surface area contributed by atoms with Gasteiger partial charge in [-0.1, -0.05) is 40.2 Å². The van der Waals surface area contributed by atoms with Crippen molar-refractivity contribution < 1.29 is 4.79 Å². The molecule has 0 spiro atoms. The molecule has 0 aromatic heterocycles. The highest BCUT2D eigenvalue weighted by Gasteiger charge is 2.34. The molecule has 0 saturated heterocycles. The largest absolute Gasteiger partial charge is 0.293 e. The summed E-state index contributed by atoms with van der Waals surface area (Å²) in [5, 5.41) is 18.8. The number of rotatable bonds is 1. The second kappa shape index (κ2) is 5.25. The third-order valence-electron chi connectivity index (χ3n) is 3.56. The van der Waals surface area contributed by atoms with E-state index in [1.54, 1.807) is 20.8 Å². The van der Waals surface area contributed by atoms with Gasteiger partial charge >= 0.3 is 0 Å². The number of Topliss-reactive ketones (excluding diaryl/α,β-unsaturated/α-hetero) is 1. The SMILES string of the molecule is CC1=C(C#N)/C(=C(\C#N)C(=O)C(C)(C)C)CC(C)(C)C1. The number of carbonyl (C=O) groups excluding carboxylic acids is 1. The second-order valence-electron chi connectivity index (χ2n) is 7.33. The molecule has 0 aromatic carbocycles. The lowest BCUT2D eigenvalue weighted by Gasteiger charge is -2.33. The van der Waals surface area contributed by atoms with Gasteiger partial charge in [0.25, 0.3) is 0 Å². The quantitative estimate of drug-likeness (QED) is 0.532. The minimum atomic E-state index is -0.617. The number of ketones is 1. The first-order valence-electron chi connectivity index (χ1n) is 6.82. The first-order valence-corrected chi connectivity index (χ1v) is 6.82. The maximum Gasteiger partial charge on any atom is 0.178 e. The highest BCUT2D eigenvalue weighted by atomic mass is 16.1. The highest BCUT2D eigenvalue weighted by molar-refractivity contribution is 6.04. The number of hydrogen-bond acceptors (Lipinski definition) is 3. The third kappa shape index (κ3) is 3.17. The van der Waals surface area contributed by atoms with Crippen LogP contribution in [0.3, 0.4) is 0 Å². The van der Waals surface area contributed by atoms with E-state index in [9.17, 15) is 15.3 Å². The molecule has 0 atom stereocenters. The van der Waals surface area contributed by atoms with E-state index in [1.807, 2.05) is 13.0 Å². The summed E-state index contributed by atoms with van der Waals surface area (Å²) in [5.74, 6) is -0.187. The summed E-state index contributed by atoms with van der Waals surface area (Å²) < 4.78 is 0. The van der Waals surface area contributed by atoms with E-state index >= 15 is 0 Å². The number of nitrogens with zero attached hydrogens (tertiary/aromatic N) is 2. The van der Waals surface area contributed by atoms with E-state index in [0.29, 0.717) is 17.6 Å². The van der Waals surface area contributed by atoms with Crippen molar-refractivity contribution in [3.8, 4) is 12.1 Å². The number of allylic oxidation sites excluding steroid dienone is 4. The van der Waals surface area contributed by atoms with Gasteiger partial charge in [0.1, 0.15) is 11.6 Å².